The van der Waals surface area contributed by atoms with Gasteiger partial charge in [0, 0.05) is 13.1 Å². The fourth-order valence-electron chi connectivity index (χ4n) is 1.52. The minimum Gasteiger partial charge on any atom is -0.391 e. The van der Waals surface area contributed by atoms with Crippen molar-refractivity contribution in [3.8, 4) is 0 Å². The maximum atomic E-state index is 12.9. The second-order valence-corrected chi connectivity index (χ2v) is 3.49. The molecule has 1 saturated heterocycles. The van der Waals surface area contributed by atoms with E-state index in [0.29, 0.717) is 18.2 Å². The molecule has 14 heavy (non-hydrogen) atoms. The summed E-state index contributed by atoms with van der Waals surface area (Å²) in [5, 5.41) is 9.31. The molecule has 1 aliphatic heterocycles. The zero-order valence-electron chi connectivity index (χ0n) is 7.94. The zero-order chi connectivity index (χ0) is 10.1. The number of aliphatic hydroxyl groups is 1. The summed E-state index contributed by atoms with van der Waals surface area (Å²) in [5.41, 5.74) is 0.344. The van der Waals surface area contributed by atoms with Gasteiger partial charge in [0.25, 0.3) is 0 Å². The molecule has 1 N–H and O–H groups in total. The first-order valence-corrected chi connectivity index (χ1v) is 4.59. The number of anilines is 1. The first-order valence-electron chi connectivity index (χ1n) is 4.59. The van der Waals surface area contributed by atoms with Crippen molar-refractivity contribution < 1.29 is 9.50 Å². The number of aryl methyl sites for hydroxylation is 1. The molecular weight excluding hydrogens is 185 g/mol. The van der Waals surface area contributed by atoms with Crippen molar-refractivity contribution in [2.75, 3.05) is 18.0 Å². The van der Waals surface area contributed by atoms with Crippen molar-refractivity contribution >= 4 is 5.95 Å². The molecule has 0 aliphatic carbocycles. The average Bonchev–Trinajstić information content (AvgIpc) is 2.57. The van der Waals surface area contributed by atoms with E-state index in [1.165, 1.54) is 6.20 Å². The van der Waals surface area contributed by atoms with E-state index >= 15 is 0 Å². The van der Waals surface area contributed by atoms with Crippen LogP contribution in [0.25, 0.3) is 0 Å². The van der Waals surface area contributed by atoms with Gasteiger partial charge >= 0.3 is 0 Å². The van der Waals surface area contributed by atoms with Gasteiger partial charge in [-0.1, -0.05) is 0 Å². The molecule has 2 rings (SSSR count). The van der Waals surface area contributed by atoms with E-state index in [0.717, 1.165) is 13.0 Å². The third-order valence-corrected chi connectivity index (χ3v) is 2.35. The quantitative estimate of drug-likeness (QED) is 0.712. The van der Waals surface area contributed by atoms with Crippen molar-refractivity contribution in [1.29, 1.82) is 0 Å². The van der Waals surface area contributed by atoms with Gasteiger partial charge in [-0.05, 0) is 13.3 Å². The molecule has 5 heteroatoms. The number of β-amino-alcohol motifs (C(OH)–C–C–N with tert-alkyl or cyclic N) is 1. The predicted molar refractivity (Wildman–Crippen MR) is 49.6 cm³/mol. The molecule has 2 heterocycles. The monoisotopic (exact) mass is 197 g/mol. The number of rotatable bonds is 1. The van der Waals surface area contributed by atoms with Gasteiger partial charge in [0.15, 0.2) is 5.82 Å². The second-order valence-electron chi connectivity index (χ2n) is 3.49. The molecule has 0 amide bonds. The highest BCUT2D eigenvalue weighted by Gasteiger charge is 2.22. The Balaban J connectivity index is 2.20. The molecule has 1 fully saturated rings. The molecule has 1 atom stereocenters. The number of hydrogen-bond acceptors (Lipinski definition) is 4. The van der Waals surface area contributed by atoms with Crippen molar-refractivity contribution in [2.24, 2.45) is 0 Å². The average molecular weight is 197 g/mol. The molecule has 76 valence electrons. The third-order valence-electron chi connectivity index (χ3n) is 2.35. The van der Waals surface area contributed by atoms with Crippen LogP contribution in [0.1, 0.15) is 12.1 Å². The van der Waals surface area contributed by atoms with Crippen LogP contribution in [0.4, 0.5) is 10.3 Å². The lowest BCUT2D eigenvalue weighted by atomic mass is 10.3. The van der Waals surface area contributed by atoms with E-state index in [4.69, 9.17) is 0 Å². The number of nitrogens with zero attached hydrogens (tertiary/aromatic N) is 3. The lowest BCUT2D eigenvalue weighted by Crippen LogP contribution is -2.23. The topological polar surface area (TPSA) is 49.2 Å². The van der Waals surface area contributed by atoms with Crippen LogP contribution < -0.4 is 4.90 Å². The Morgan fingerprint density at radius 3 is 3.00 bits per heavy atom. The highest BCUT2D eigenvalue weighted by Crippen LogP contribution is 2.16. The fourth-order valence-corrected chi connectivity index (χ4v) is 1.52. The summed E-state index contributed by atoms with van der Waals surface area (Å²) in [7, 11) is 0. The Morgan fingerprint density at radius 2 is 2.43 bits per heavy atom. The lowest BCUT2D eigenvalue weighted by molar-refractivity contribution is 0.198. The Bertz CT molecular complexity index is 345. The second kappa shape index (κ2) is 3.49. The number of hydrogen-bond donors (Lipinski definition) is 1. The van der Waals surface area contributed by atoms with Gasteiger partial charge in [-0.25, -0.2) is 14.4 Å². The van der Waals surface area contributed by atoms with Crippen LogP contribution >= 0.6 is 0 Å². The lowest BCUT2D eigenvalue weighted by Gasteiger charge is -2.15. The maximum Gasteiger partial charge on any atom is 0.225 e. The molecule has 0 bridgehead atoms. The summed E-state index contributed by atoms with van der Waals surface area (Å²) in [6, 6.07) is 0. The standard InChI is InChI=1S/C9H12FN3O/c1-6-8(10)4-11-9(12-6)13-3-2-7(14)5-13/h4,7,14H,2-3,5H2,1H3. The smallest absolute Gasteiger partial charge is 0.225 e. The Kier molecular flexibility index (Phi) is 2.33. The van der Waals surface area contributed by atoms with Gasteiger partial charge < -0.3 is 10.0 Å². The van der Waals surface area contributed by atoms with Crippen molar-refractivity contribution in [3.63, 3.8) is 0 Å². The van der Waals surface area contributed by atoms with E-state index in [2.05, 4.69) is 9.97 Å². The minimum atomic E-state index is -0.395. The van der Waals surface area contributed by atoms with Gasteiger partial charge in [-0.15, -0.1) is 0 Å². The molecule has 0 radical (unpaired) electrons. The molecule has 4 nitrogen and oxygen atoms in total. The highest BCUT2D eigenvalue weighted by atomic mass is 19.1. The molecule has 1 aromatic rings. The molecule has 1 aromatic heterocycles. The Hall–Kier alpha value is -1.23. The van der Waals surface area contributed by atoms with E-state index in [9.17, 15) is 9.50 Å². The summed E-state index contributed by atoms with van der Waals surface area (Å²) >= 11 is 0. The first-order chi connectivity index (χ1) is 6.66. The van der Waals surface area contributed by atoms with E-state index < -0.39 is 5.82 Å². The van der Waals surface area contributed by atoms with Crippen LogP contribution in [0, 0.1) is 12.7 Å². The van der Waals surface area contributed by atoms with E-state index in [-0.39, 0.29) is 6.10 Å². The number of halogens is 1. The molecule has 0 spiro atoms. The zero-order valence-corrected chi connectivity index (χ0v) is 7.94. The van der Waals surface area contributed by atoms with E-state index in [1.54, 1.807) is 6.92 Å². The van der Waals surface area contributed by atoms with Crippen LogP contribution in [-0.2, 0) is 0 Å². The van der Waals surface area contributed by atoms with Crippen molar-refractivity contribution in [3.05, 3.63) is 17.7 Å². The highest BCUT2D eigenvalue weighted by molar-refractivity contribution is 5.32. The van der Waals surface area contributed by atoms with Gasteiger partial charge in [0.05, 0.1) is 18.0 Å². The van der Waals surface area contributed by atoms with Crippen LogP contribution in [-0.4, -0.2) is 34.3 Å². The summed E-state index contributed by atoms with van der Waals surface area (Å²) < 4.78 is 12.9. The SMILES string of the molecule is Cc1nc(N2CCC(O)C2)ncc1F. The van der Waals surface area contributed by atoms with Crippen LogP contribution in [0.2, 0.25) is 0 Å². The summed E-state index contributed by atoms with van der Waals surface area (Å²) in [4.78, 5) is 9.76. The molecule has 0 aromatic carbocycles. The molecule has 1 aliphatic rings. The van der Waals surface area contributed by atoms with Gasteiger partial charge in [-0.2, -0.15) is 0 Å². The van der Waals surface area contributed by atoms with Crippen molar-refractivity contribution in [1.82, 2.24) is 9.97 Å². The maximum absolute atomic E-state index is 12.9. The van der Waals surface area contributed by atoms with Crippen LogP contribution in [0.15, 0.2) is 6.20 Å². The van der Waals surface area contributed by atoms with E-state index in [1.807, 2.05) is 4.90 Å². The number of aliphatic hydroxyl groups excluding tert-OH is 1. The Labute approximate surface area is 81.4 Å². The van der Waals surface area contributed by atoms with Gasteiger partial charge in [0.2, 0.25) is 5.95 Å². The van der Waals surface area contributed by atoms with Crippen molar-refractivity contribution in [2.45, 2.75) is 19.4 Å². The molecule has 0 saturated carbocycles. The van der Waals surface area contributed by atoms with Crippen LogP contribution in [0.3, 0.4) is 0 Å². The summed E-state index contributed by atoms with van der Waals surface area (Å²) in [6.07, 6.45) is 1.58. The third kappa shape index (κ3) is 1.68. The largest absolute Gasteiger partial charge is 0.391 e. The minimum absolute atomic E-state index is 0.316. The fraction of sp³-hybridized carbons (Fsp3) is 0.556. The predicted octanol–water partition coefficient (Wildman–Crippen LogP) is 0.495. The normalized spacial score (nSPS) is 21.6. The summed E-state index contributed by atoms with van der Waals surface area (Å²) in [6.45, 7) is 2.87. The molecule has 1 unspecified atom stereocenters. The Morgan fingerprint density at radius 1 is 1.64 bits per heavy atom. The summed E-state index contributed by atoms with van der Waals surface area (Å²) in [5.74, 6) is 0.106. The molecular formula is C9H12FN3O. The van der Waals surface area contributed by atoms with Crippen LogP contribution in [0.5, 0.6) is 0 Å². The van der Waals surface area contributed by atoms with Gasteiger partial charge in [-0.3, -0.25) is 0 Å². The first kappa shape index (κ1) is 9.33. The van der Waals surface area contributed by atoms with Gasteiger partial charge in [0.1, 0.15) is 0 Å². The number of aromatic nitrogens is 2.